The molecule has 0 radical (unpaired) electrons. The molecule has 2 fully saturated rings. The van der Waals surface area contributed by atoms with Crippen LogP contribution >= 0.6 is 11.6 Å². The Bertz CT molecular complexity index is 1360. The maximum Gasteiger partial charge on any atom is 0.122 e. The standard InChI is InChI=1S/C30H31ClN4O/c1-21-13-30(28-9-5-6-10-29(28)32-21)33-24-14-23(31)15-27(16-24)36-12-11-34-19-26-17-25(34)20-35(26)18-22-7-3-2-4-8-22/h2-10,13-16,25-26H,11-12,17-20H2,1H3,(H,32,33). The van der Waals surface area contributed by atoms with Crippen LogP contribution in [0.15, 0.2) is 78.9 Å². The number of hydrogen-bond acceptors (Lipinski definition) is 5. The molecule has 3 aromatic carbocycles. The fourth-order valence-electron chi connectivity index (χ4n) is 5.68. The van der Waals surface area contributed by atoms with Crippen molar-refractivity contribution in [3.63, 3.8) is 0 Å². The minimum atomic E-state index is 0.627. The van der Waals surface area contributed by atoms with E-state index in [2.05, 4.69) is 62.6 Å². The first-order chi connectivity index (χ1) is 17.6. The van der Waals surface area contributed by atoms with Crippen LogP contribution in [0.3, 0.4) is 0 Å². The second kappa shape index (κ2) is 10.1. The van der Waals surface area contributed by atoms with Crippen molar-refractivity contribution in [2.24, 2.45) is 0 Å². The number of fused-ring (bicyclic) bond motifs is 3. The molecule has 1 aromatic heterocycles. The van der Waals surface area contributed by atoms with Gasteiger partial charge in [-0.1, -0.05) is 60.1 Å². The van der Waals surface area contributed by atoms with Gasteiger partial charge in [0, 0.05) is 71.8 Å². The molecule has 36 heavy (non-hydrogen) atoms. The molecule has 2 bridgehead atoms. The van der Waals surface area contributed by atoms with E-state index in [1.54, 1.807) is 0 Å². The van der Waals surface area contributed by atoms with Gasteiger partial charge in [0.05, 0.1) is 5.52 Å². The summed E-state index contributed by atoms with van der Waals surface area (Å²) in [5.41, 5.74) is 5.27. The Morgan fingerprint density at radius 3 is 2.56 bits per heavy atom. The Hall–Kier alpha value is -3.12. The predicted molar refractivity (Wildman–Crippen MR) is 147 cm³/mol. The lowest BCUT2D eigenvalue weighted by atomic mass is 10.1. The van der Waals surface area contributed by atoms with Crippen LogP contribution in [0.5, 0.6) is 5.75 Å². The Balaban J connectivity index is 1.06. The number of likely N-dealkylation sites (tertiary alicyclic amines) is 2. The summed E-state index contributed by atoms with van der Waals surface area (Å²) in [5.74, 6) is 0.787. The fraction of sp³-hybridized carbons (Fsp3) is 0.300. The molecule has 0 aliphatic carbocycles. The predicted octanol–water partition coefficient (Wildman–Crippen LogP) is 6.28. The number of nitrogens with zero attached hydrogens (tertiary/aromatic N) is 3. The molecule has 2 saturated heterocycles. The van der Waals surface area contributed by atoms with Crippen LogP contribution in [0.4, 0.5) is 11.4 Å². The maximum absolute atomic E-state index is 6.46. The highest BCUT2D eigenvalue weighted by Crippen LogP contribution is 2.33. The molecule has 0 saturated carbocycles. The van der Waals surface area contributed by atoms with Crippen LogP contribution in [0.1, 0.15) is 17.7 Å². The summed E-state index contributed by atoms with van der Waals surface area (Å²) in [6, 6.07) is 28.1. The number of nitrogens with one attached hydrogen (secondary N) is 1. The molecule has 2 aliphatic rings. The largest absolute Gasteiger partial charge is 0.492 e. The first-order valence-electron chi connectivity index (χ1n) is 12.7. The number of aromatic nitrogens is 1. The van der Waals surface area contributed by atoms with Crippen LogP contribution in [-0.4, -0.2) is 53.1 Å². The summed E-state index contributed by atoms with van der Waals surface area (Å²) in [7, 11) is 0. The zero-order valence-corrected chi connectivity index (χ0v) is 21.3. The van der Waals surface area contributed by atoms with Gasteiger partial charge in [0.1, 0.15) is 12.4 Å². The highest BCUT2D eigenvalue weighted by molar-refractivity contribution is 6.31. The van der Waals surface area contributed by atoms with E-state index in [9.17, 15) is 0 Å². The van der Waals surface area contributed by atoms with E-state index in [0.717, 1.165) is 59.9 Å². The molecule has 0 spiro atoms. The normalized spacial score (nSPS) is 19.7. The maximum atomic E-state index is 6.46. The summed E-state index contributed by atoms with van der Waals surface area (Å²) in [4.78, 5) is 9.86. The zero-order chi connectivity index (χ0) is 24.5. The van der Waals surface area contributed by atoms with Crippen molar-refractivity contribution >= 4 is 33.9 Å². The Labute approximate surface area is 217 Å². The van der Waals surface area contributed by atoms with Gasteiger partial charge in [-0.2, -0.15) is 0 Å². The molecular formula is C30H31ClN4O. The highest BCUT2D eigenvalue weighted by atomic mass is 35.5. The topological polar surface area (TPSA) is 40.6 Å². The molecule has 6 heteroatoms. The fourth-order valence-corrected chi connectivity index (χ4v) is 5.91. The molecular weight excluding hydrogens is 468 g/mol. The number of halogens is 1. The summed E-state index contributed by atoms with van der Waals surface area (Å²) < 4.78 is 6.18. The third kappa shape index (κ3) is 5.05. The number of ether oxygens (including phenoxy) is 1. The van der Waals surface area contributed by atoms with E-state index in [1.807, 2.05) is 43.3 Å². The van der Waals surface area contributed by atoms with Crippen molar-refractivity contribution in [1.29, 1.82) is 0 Å². The Morgan fingerprint density at radius 2 is 1.72 bits per heavy atom. The third-order valence-corrected chi connectivity index (χ3v) is 7.56. The van der Waals surface area contributed by atoms with Crippen LogP contribution < -0.4 is 10.1 Å². The van der Waals surface area contributed by atoms with Gasteiger partial charge in [-0.3, -0.25) is 14.8 Å². The van der Waals surface area contributed by atoms with Gasteiger partial charge >= 0.3 is 0 Å². The lowest BCUT2D eigenvalue weighted by Gasteiger charge is -2.34. The van der Waals surface area contributed by atoms with Crippen molar-refractivity contribution in [2.75, 3.05) is 31.6 Å². The molecule has 3 heterocycles. The van der Waals surface area contributed by atoms with Gasteiger partial charge in [0.25, 0.3) is 0 Å². The quantitative estimate of drug-likeness (QED) is 0.309. The van der Waals surface area contributed by atoms with E-state index in [1.165, 1.54) is 12.0 Å². The number of rotatable bonds is 8. The number of aryl methyl sites for hydroxylation is 1. The SMILES string of the molecule is Cc1cc(Nc2cc(Cl)cc(OCCN3CC4CC3CN4Cc3ccccc3)c2)c2ccccc2n1. The number of hydrogen-bond donors (Lipinski definition) is 1. The number of piperazine rings is 1. The van der Waals surface area contributed by atoms with Gasteiger partial charge in [0.15, 0.2) is 0 Å². The second-order valence-corrected chi connectivity index (χ2v) is 10.4. The summed E-state index contributed by atoms with van der Waals surface area (Å²) >= 11 is 6.46. The first kappa shape index (κ1) is 23.3. The minimum Gasteiger partial charge on any atom is -0.492 e. The highest BCUT2D eigenvalue weighted by Gasteiger charge is 2.42. The lowest BCUT2D eigenvalue weighted by Crippen LogP contribution is -2.47. The van der Waals surface area contributed by atoms with E-state index in [-0.39, 0.29) is 0 Å². The number of benzene rings is 3. The molecule has 2 aliphatic heterocycles. The van der Waals surface area contributed by atoms with Gasteiger partial charge in [0.2, 0.25) is 0 Å². The average Bonchev–Trinajstić information content (AvgIpc) is 3.44. The zero-order valence-electron chi connectivity index (χ0n) is 20.5. The molecule has 4 aromatic rings. The van der Waals surface area contributed by atoms with Crippen molar-refractivity contribution in [3.05, 3.63) is 95.1 Å². The molecule has 184 valence electrons. The van der Waals surface area contributed by atoms with Crippen LogP contribution in [-0.2, 0) is 6.54 Å². The smallest absolute Gasteiger partial charge is 0.122 e. The van der Waals surface area contributed by atoms with Gasteiger partial charge in [-0.15, -0.1) is 0 Å². The molecule has 1 N–H and O–H groups in total. The van der Waals surface area contributed by atoms with Crippen molar-refractivity contribution in [1.82, 2.24) is 14.8 Å². The number of anilines is 2. The lowest BCUT2D eigenvalue weighted by molar-refractivity contribution is 0.109. The van der Waals surface area contributed by atoms with Gasteiger partial charge < -0.3 is 10.1 Å². The van der Waals surface area contributed by atoms with Crippen molar-refractivity contribution < 1.29 is 4.74 Å². The van der Waals surface area contributed by atoms with Crippen molar-refractivity contribution in [3.8, 4) is 5.75 Å². The number of pyridine rings is 1. The Morgan fingerprint density at radius 1 is 0.944 bits per heavy atom. The van der Waals surface area contributed by atoms with Gasteiger partial charge in [-0.25, -0.2) is 0 Å². The monoisotopic (exact) mass is 498 g/mol. The molecule has 6 rings (SSSR count). The molecule has 5 nitrogen and oxygen atoms in total. The van der Waals surface area contributed by atoms with E-state index in [4.69, 9.17) is 16.3 Å². The van der Waals surface area contributed by atoms with Crippen LogP contribution in [0.25, 0.3) is 10.9 Å². The van der Waals surface area contributed by atoms with Gasteiger partial charge in [-0.05, 0) is 43.2 Å². The average molecular weight is 499 g/mol. The Kier molecular flexibility index (Phi) is 6.53. The van der Waals surface area contributed by atoms with E-state index in [0.29, 0.717) is 23.7 Å². The first-order valence-corrected chi connectivity index (χ1v) is 13.1. The van der Waals surface area contributed by atoms with Crippen LogP contribution in [0, 0.1) is 6.92 Å². The minimum absolute atomic E-state index is 0.627. The summed E-state index contributed by atoms with van der Waals surface area (Å²) in [6.45, 7) is 6.91. The molecule has 2 atom stereocenters. The second-order valence-electron chi connectivity index (χ2n) is 9.93. The van der Waals surface area contributed by atoms with Crippen LogP contribution in [0.2, 0.25) is 5.02 Å². The third-order valence-electron chi connectivity index (χ3n) is 7.34. The summed E-state index contributed by atoms with van der Waals surface area (Å²) in [5, 5.41) is 5.26. The molecule has 0 amide bonds. The van der Waals surface area contributed by atoms with E-state index >= 15 is 0 Å². The van der Waals surface area contributed by atoms with E-state index < -0.39 is 0 Å². The summed E-state index contributed by atoms with van der Waals surface area (Å²) in [6.07, 6.45) is 1.26. The van der Waals surface area contributed by atoms with Crippen molar-refractivity contribution in [2.45, 2.75) is 32.0 Å². The number of para-hydroxylation sites is 1. The molecule has 2 unspecified atom stereocenters.